The first-order valence-electron chi connectivity index (χ1n) is 6.86. The van der Waals surface area contributed by atoms with Crippen LogP contribution in [0.15, 0.2) is 54.6 Å². The van der Waals surface area contributed by atoms with Crippen molar-refractivity contribution in [3.8, 4) is 0 Å². The average molecular weight is 279 g/mol. The lowest BCUT2D eigenvalue weighted by Gasteiger charge is -2.19. The van der Waals surface area contributed by atoms with Crippen LogP contribution < -0.4 is 0 Å². The molecule has 4 nitrogen and oxygen atoms in total. The van der Waals surface area contributed by atoms with Crippen LogP contribution in [0.3, 0.4) is 0 Å². The Morgan fingerprint density at radius 1 is 0.905 bits per heavy atom. The minimum atomic E-state index is -0.533. The molecular weight excluding hydrogens is 266 g/mol. The second-order valence-corrected chi connectivity index (χ2v) is 5.39. The second-order valence-electron chi connectivity index (χ2n) is 5.39. The van der Waals surface area contributed by atoms with Gasteiger partial charge in [0.05, 0.1) is 24.3 Å². The standard InChI is InChI=1S/C17H13NO3/c19-15-13-8-4-5-9-14(13)16(20)18(15)10-17(11-21-17)12-6-2-1-3-7-12/h1-9H,10-11H2. The van der Waals surface area contributed by atoms with Crippen molar-refractivity contribution in [2.75, 3.05) is 13.2 Å². The number of hydrogen-bond acceptors (Lipinski definition) is 3. The lowest BCUT2D eigenvalue weighted by atomic mass is 9.99. The summed E-state index contributed by atoms with van der Waals surface area (Å²) < 4.78 is 5.59. The van der Waals surface area contributed by atoms with Gasteiger partial charge < -0.3 is 4.74 Å². The van der Waals surface area contributed by atoms with Crippen LogP contribution in [-0.4, -0.2) is 29.9 Å². The summed E-state index contributed by atoms with van der Waals surface area (Å²) in [6, 6.07) is 16.7. The third-order valence-corrected chi connectivity index (χ3v) is 4.08. The maximum absolute atomic E-state index is 12.4. The third kappa shape index (κ3) is 1.80. The highest BCUT2D eigenvalue weighted by Gasteiger charge is 2.51. The first-order valence-corrected chi connectivity index (χ1v) is 6.86. The topological polar surface area (TPSA) is 49.9 Å². The Balaban J connectivity index is 1.65. The Labute approximate surface area is 121 Å². The molecule has 1 atom stereocenters. The van der Waals surface area contributed by atoms with Crippen LogP contribution in [0.4, 0.5) is 0 Å². The molecule has 2 amide bonds. The van der Waals surface area contributed by atoms with Crippen LogP contribution in [0.25, 0.3) is 0 Å². The highest BCUT2D eigenvalue weighted by molar-refractivity contribution is 6.21. The van der Waals surface area contributed by atoms with Crippen LogP contribution in [0.1, 0.15) is 26.3 Å². The lowest BCUT2D eigenvalue weighted by Crippen LogP contribution is -2.37. The van der Waals surface area contributed by atoms with Gasteiger partial charge in [-0.3, -0.25) is 14.5 Å². The molecule has 1 saturated heterocycles. The molecule has 1 fully saturated rings. The first-order chi connectivity index (χ1) is 10.2. The van der Waals surface area contributed by atoms with Gasteiger partial charge in [-0.2, -0.15) is 0 Å². The van der Waals surface area contributed by atoms with Gasteiger partial charge in [0.25, 0.3) is 11.8 Å². The fourth-order valence-electron chi connectivity index (χ4n) is 2.82. The summed E-state index contributed by atoms with van der Waals surface area (Å²) in [5, 5.41) is 0. The summed E-state index contributed by atoms with van der Waals surface area (Å²) in [5.74, 6) is -0.470. The van der Waals surface area contributed by atoms with Crippen molar-refractivity contribution in [1.82, 2.24) is 4.90 Å². The molecule has 0 N–H and O–H groups in total. The third-order valence-electron chi connectivity index (χ3n) is 4.08. The van der Waals surface area contributed by atoms with E-state index >= 15 is 0 Å². The Hall–Kier alpha value is -2.46. The van der Waals surface area contributed by atoms with Gasteiger partial charge >= 0.3 is 0 Å². The molecule has 2 aliphatic heterocycles. The predicted molar refractivity (Wildman–Crippen MR) is 75.9 cm³/mol. The monoisotopic (exact) mass is 279 g/mol. The molecule has 0 bridgehead atoms. The Bertz CT molecular complexity index is 700. The molecule has 2 heterocycles. The Morgan fingerprint density at radius 3 is 1.95 bits per heavy atom. The number of fused-ring (bicyclic) bond motifs is 1. The number of ether oxygens (including phenoxy) is 1. The molecule has 2 aliphatic rings. The minimum absolute atomic E-state index is 0.235. The van der Waals surface area contributed by atoms with E-state index in [2.05, 4.69) is 0 Å². The van der Waals surface area contributed by atoms with Crippen molar-refractivity contribution in [3.05, 3.63) is 71.3 Å². The fourth-order valence-corrected chi connectivity index (χ4v) is 2.82. The molecule has 4 heteroatoms. The van der Waals surface area contributed by atoms with Crippen molar-refractivity contribution in [2.24, 2.45) is 0 Å². The molecule has 1 unspecified atom stereocenters. The molecule has 0 radical (unpaired) electrons. The SMILES string of the molecule is O=C1c2ccccc2C(=O)N1CC1(c2ccccc2)CO1. The number of hydrogen-bond donors (Lipinski definition) is 0. The normalized spacial score (nSPS) is 23.3. The van der Waals surface area contributed by atoms with Crippen molar-refractivity contribution < 1.29 is 14.3 Å². The van der Waals surface area contributed by atoms with Gasteiger partial charge in [0.1, 0.15) is 5.60 Å². The Morgan fingerprint density at radius 2 is 1.43 bits per heavy atom. The lowest BCUT2D eigenvalue weighted by molar-refractivity contribution is 0.0608. The molecule has 0 aromatic heterocycles. The van der Waals surface area contributed by atoms with E-state index < -0.39 is 5.60 Å². The second kappa shape index (κ2) is 4.27. The number of nitrogens with zero attached hydrogens (tertiary/aromatic N) is 1. The van der Waals surface area contributed by atoms with Crippen molar-refractivity contribution >= 4 is 11.8 Å². The number of epoxide rings is 1. The average Bonchev–Trinajstić information content (AvgIpc) is 3.29. The maximum atomic E-state index is 12.4. The number of carbonyl (C=O) groups is 2. The van der Waals surface area contributed by atoms with Gasteiger partial charge in [-0.05, 0) is 17.7 Å². The molecule has 21 heavy (non-hydrogen) atoms. The van der Waals surface area contributed by atoms with Crippen LogP contribution in [0, 0.1) is 0 Å². The quantitative estimate of drug-likeness (QED) is 0.639. The summed E-state index contributed by atoms with van der Waals surface area (Å²) in [4.78, 5) is 26.1. The van der Waals surface area contributed by atoms with E-state index in [1.165, 1.54) is 4.90 Å². The van der Waals surface area contributed by atoms with Crippen molar-refractivity contribution in [1.29, 1.82) is 0 Å². The van der Waals surface area contributed by atoms with E-state index in [4.69, 9.17) is 4.74 Å². The summed E-state index contributed by atoms with van der Waals surface area (Å²) in [6.07, 6.45) is 0. The number of amides is 2. The maximum Gasteiger partial charge on any atom is 0.261 e. The number of rotatable bonds is 3. The number of benzene rings is 2. The smallest absolute Gasteiger partial charge is 0.261 e. The summed E-state index contributed by atoms with van der Waals surface area (Å²) >= 11 is 0. The van der Waals surface area contributed by atoms with Gasteiger partial charge in [-0.1, -0.05) is 42.5 Å². The molecule has 4 rings (SSSR count). The Kier molecular flexibility index (Phi) is 2.50. The van der Waals surface area contributed by atoms with Gasteiger partial charge in [-0.25, -0.2) is 0 Å². The molecular formula is C17H13NO3. The van der Waals surface area contributed by atoms with E-state index in [1.807, 2.05) is 30.3 Å². The largest absolute Gasteiger partial charge is 0.363 e. The van der Waals surface area contributed by atoms with E-state index in [-0.39, 0.29) is 18.4 Å². The van der Waals surface area contributed by atoms with Gasteiger partial charge in [0.2, 0.25) is 0 Å². The molecule has 2 aromatic rings. The van der Waals surface area contributed by atoms with Crippen molar-refractivity contribution in [3.63, 3.8) is 0 Å². The van der Waals surface area contributed by atoms with E-state index in [9.17, 15) is 9.59 Å². The molecule has 0 aliphatic carbocycles. The van der Waals surface area contributed by atoms with Gasteiger partial charge in [0.15, 0.2) is 0 Å². The number of carbonyl (C=O) groups excluding carboxylic acids is 2. The fraction of sp³-hybridized carbons (Fsp3) is 0.176. The molecule has 0 saturated carbocycles. The molecule has 0 spiro atoms. The zero-order chi connectivity index (χ0) is 14.4. The van der Waals surface area contributed by atoms with E-state index in [0.29, 0.717) is 17.7 Å². The van der Waals surface area contributed by atoms with Crippen molar-refractivity contribution in [2.45, 2.75) is 5.60 Å². The van der Waals surface area contributed by atoms with E-state index in [0.717, 1.165) is 5.56 Å². The highest BCUT2D eigenvalue weighted by atomic mass is 16.6. The highest BCUT2D eigenvalue weighted by Crippen LogP contribution is 2.40. The summed E-state index contributed by atoms with van der Waals surface area (Å²) in [7, 11) is 0. The minimum Gasteiger partial charge on any atom is -0.363 e. The molecule has 2 aromatic carbocycles. The summed E-state index contributed by atoms with van der Waals surface area (Å²) in [6.45, 7) is 0.799. The van der Waals surface area contributed by atoms with Gasteiger partial charge in [-0.15, -0.1) is 0 Å². The zero-order valence-electron chi connectivity index (χ0n) is 11.3. The van der Waals surface area contributed by atoms with Crippen LogP contribution >= 0.6 is 0 Å². The van der Waals surface area contributed by atoms with Crippen LogP contribution in [-0.2, 0) is 10.3 Å². The predicted octanol–water partition coefficient (Wildman–Crippen LogP) is 2.21. The zero-order valence-corrected chi connectivity index (χ0v) is 11.3. The number of imide groups is 1. The molecule has 104 valence electrons. The van der Waals surface area contributed by atoms with E-state index in [1.54, 1.807) is 24.3 Å². The van der Waals surface area contributed by atoms with Gasteiger partial charge in [0, 0.05) is 0 Å². The van der Waals surface area contributed by atoms with Crippen LogP contribution in [0.2, 0.25) is 0 Å². The first kappa shape index (κ1) is 12.3. The summed E-state index contributed by atoms with van der Waals surface area (Å²) in [5.41, 5.74) is 1.42. The van der Waals surface area contributed by atoms with Crippen LogP contribution in [0.5, 0.6) is 0 Å².